The molecule has 2 rings (SSSR count). The zero-order valence-corrected chi connectivity index (χ0v) is 10.8. The first-order valence-electron chi connectivity index (χ1n) is 5.29. The van der Waals surface area contributed by atoms with E-state index in [2.05, 4.69) is 15.2 Å². The second-order valence-corrected chi connectivity index (χ2v) is 4.83. The van der Waals surface area contributed by atoms with E-state index in [1.807, 2.05) is 0 Å². The summed E-state index contributed by atoms with van der Waals surface area (Å²) >= 11 is 0.881. The third kappa shape index (κ3) is 3.10. The van der Waals surface area contributed by atoms with Gasteiger partial charge in [0.2, 0.25) is 5.16 Å². The molecule has 0 amide bonds. The fourth-order valence-electron chi connectivity index (χ4n) is 1.43. The van der Waals surface area contributed by atoms with Crippen molar-refractivity contribution in [3.8, 4) is 0 Å². The standard InChI is InChI=1S/C11H8F3N3O2S/c1-5-15-10(17-16-5)20-8-3-2-6(11(12,13)14)4-7(8)9(18)19/h2-4H,1H3,(H,18,19)(H,15,16,17). The van der Waals surface area contributed by atoms with Crippen molar-refractivity contribution in [3.63, 3.8) is 0 Å². The Hall–Kier alpha value is -2.03. The number of nitrogens with one attached hydrogen (secondary N) is 1. The monoisotopic (exact) mass is 303 g/mol. The number of aryl methyl sites for hydroxylation is 1. The maximum absolute atomic E-state index is 12.6. The summed E-state index contributed by atoms with van der Waals surface area (Å²) in [5.74, 6) is -0.915. The average molecular weight is 303 g/mol. The Morgan fingerprint density at radius 3 is 2.60 bits per heavy atom. The van der Waals surface area contributed by atoms with E-state index in [1.54, 1.807) is 6.92 Å². The zero-order valence-electron chi connectivity index (χ0n) is 10.0. The molecule has 0 aliphatic heterocycles. The topological polar surface area (TPSA) is 78.9 Å². The van der Waals surface area contributed by atoms with Crippen LogP contribution in [-0.4, -0.2) is 26.3 Å². The number of carboxylic acids is 1. The molecule has 106 valence electrons. The molecule has 1 aromatic carbocycles. The Labute approximate surface area is 115 Å². The number of nitrogens with zero attached hydrogens (tertiary/aromatic N) is 2. The van der Waals surface area contributed by atoms with Gasteiger partial charge in [0.05, 0.1) is 11.1 Å². The molecule has 1 aromatic heterocycles. The fraction of sp³-hybridized carbons (Fsp3) is 0.182. The lowest BCUT2D eigenvalue weighted by Crippen LogP contribution is -2.08. The molecule has 9 heteroatoms. The van der Waals surface area contributed by atoms with Crippen molar-refractivity contribution in [1.82, 2.24) is 15.2 Å². The largest absolute Gasteiger partial charge is 0.478 e. The number of hydrogen-bond acceptors (Lipinski definition) is 4. The molecule has 0 radical (unpaired) electrons. The summed E-state index contributed by atoms with van der Waals surface area (Å²) in [6, 6.07) is 2.53. The minimum absolute atomic E-state index is 0.143. The minimum atomic E-state index is -4.59. The molecule has 0 bridgehead atoms. The fourth-order valence-corrected chi connectivity index (χ4v) is 2.29. The van der Waals surface area contributed by atoms with Crippen molar-refractivity contribution < 1.29 is 23.1 Å². The second-order valence-electron chi connectivity index (χ2n) is 3.82. The summed E-state index contributed by atoms with van der Waals surface area (Å²) in [5.41, 5.74) is -1.45. The lowest BCUT2D eigenvalue weighted by molar-refractivity contribution is -0.137. The number of alkyl halides is 3. The van der Waals surface area contributed by atoms with Crippen LogP contribution in [0.15, 0.2) is 28.3 Å². The predicted molar refractivity (Wildman–Crippen MR) is 63.6 cm³/mol. The maximum Gasteiger partial charge on any atom is 0.416 e. The van der Waals surface area contributed by atoms with Crippen molar-refractivity contribution in [3.05, 3.63) is 35.2 Å². The van der Waals surface area contributed by atoms with Crippen LogP contribution in [0.3, 0.4) is 0 Å². The Bertz CT molecular complexity index is 655. The Morgan fingerprint density at radius 1 is 1.40 bits per heavy atom. The molecule has 0 unspecified atom stereocenters. The third-order valence-electron chi connectivity index (χ3n) is 2.32. The number of rotatable bonds is 3. The van der Waals surface area contributed by atoms with Crippen molar-refractivity contribution in [2.45, 2.75) is 23.2 Å². The molecule has 0 saturated carbocycles. The Balaban J connectivity index is 2.40. The molecule has 0 aliphatic rings. The maximum atomic E-state index is 12.6. The third-order valence-corrected chi connectivity index (χ3v) is 3.26. The summed E-state index contributed by atoms with van der Waals surface area (Å²) in [6.45, 7) is 1.65. The van der Waals surface area contributed by atoms with Gasteiger partial charge in [-0.15, -0.1) is 5.10 Å². The zero-order chi connectivity index (χ0) is 14.9. The summed E-state index contributed by atoms with van der Waals surface area (Å²) in [6.07, 6.45) is -4.59. The van der Waals surface area contributed by atoms with Crippen LogP contribution in [-0.2, 0) is 6.18 Å². The van der Waals surface area contributed by atoms with Crippen LogP contribution >= 0.6 is 11.8 Å². The van der Waals surface area contributed by atoms with Gasteiger partial charge >= 0.3 is 12.1 Å². The Kier molecular flexibility index (Phi) is 3.71. The highest BCUT2D eigenvalue weighted by Crippen LogP contribution is 2.34. The van der Waals surface area contributed by atoms with Crippen LogP contribution in [0.25, 0.3) is 0 Å². The number of benzene rings is 1. The first kappa shape index (κ1) is 14.4. The smallest absolute Gasteiger partial charge is 0.416 e. The molecule has 5 nitrogen and oxygen atoms in total. The summed E-state index contributed by atoms with van der Waals surface area (Å²) in [4.78, 5) is 15.2. The first-order valence-corrected chi connectivity index (χ1v) is 6.10. The molecule has 20 heavy (non-hydrogen) atoms. The van der Waals surface area contributed by atoms with Gasteiger partial charge in [-0.25, -0.2) is 9.78 Å². The summed E-state index contributed by atoms with van der Waals surface area (Å²) in [7, 11) is 0. The molecule has 0 spiro atoms. The molecule has 0 aliphatic carbocycles. The van der Waals surface area contributed by atoms with Crippen LogP contribution in [0.1, 0.15) is 21.7 Å². The van der Waals surface area contributed by atoms with E-state index in [1.165, 1.54) is 0 Å². The number of H-pyrrole nitrogens is 1. The van der Waals surface area contributed by atoms with Gasteiger partial charge in [0.25, 0.3) is 0 Å². The molecule has 0 fully saturated rings. The molecule has 0 atom stereocenters. The van der Waals surface area contributed by atoms with Crippen LogP contribution in [0.5, 0.6) is 0 Å². The molecule has 1 heterocycles. The van der Waals surface area contributed by atoms with E-state index in [-0.39, 0.29) is 10.1 Å². The van der Waals surface area contributed by atoms with Gasteiger partial charge < -0.3 is 5.11 Å². The molecule has 0 saturated heterocycles. The van der Waals surface area contributed by atoms with Gasteiger partial charge in [-0.3, -0.25) is 5.10 Å². The summed E-state index contributed by atoms with van der Waals surface area (Å²) < 4.78 is 37.7. The van der Waals surface area contributed by atoms with Crippen LogP contribution in [0, 0.1) is 6.92 Å². The first-order chi connectivity index (χ1) is 9.27. The number of aromatic amines is 1. The molecule has 2 aromatic rings. The van der Waals surface area contributed by atoms with E-state index in [0.717, 1.165) is 23.9 Å². The Morgan fingerprint density at radius 2 is 2.10 bits per heavy atom. The van der Waals surface area contributed by atoms with Crippen molar-refractivity contribution in [2.24, 2.45) is 0 Å². The second kappa shape index (κ2) is 5.16. The SMILES string of the molecule is Cc1nc(Sc2ccc(C(F)(F)F)cc2C(=O)O)n[nH]1. The van der Waals surface area contributed by atoms with Crippen LogP contribution in [0.4, 0.5) is 13.2 Å². The van der Waals surface area contributed by atoms with Gasteiger partial charge in [0, 0.05) is 4.90 Å². The van der Waals surface area contributed by atoms with Gasteiger partial charge in [0.15, 0.2) is 0 Å². The quantitative estimate of drug-likeness (QED) is 0.911. The van der Waals surface area contributed by atoms with E-state index in [9.17, 15) is 18.0 Å². The number of hydrogen-bond donors (Lipinski definition) is 2. The minimum Gasteiger partial charge on any atom is -0.478 e. The number of aromatic nitrogens is 3. The number of carboxylic acid groups (broad SMARTS) is 1. The number of carbonyl (C=O) groups is 1. The van der Waals surface area contributed by atoms with E-state index >= 15 is 0 Å². The highest BCUT2D eigenvalue weighted by atomic mass is 32.2. The lowest BCUT2D eigenvalue weighted by atomic mass is 10.1. The van der Waals surface area contributed by atoms with Crippen molar-refractivity contribution in [2.75, 3.05) is 0 Å². The van der Waals surface area contributed by atoms with Crippen molar-refractivity contribution in [1.29, 1.82) is 0 Å². The van der Waals surface area contributed by atoms with Gasteiger partial charge in [-0.05, 0) is 36.9 Å². The number of halogens is 3. The van der Waals surface area contributed by atoms with Crippen LogP contribution in [0.2, 0.25) is 0 Å². The average Bonchev–Trinajstić information content (AvgIpc) is 2.73. The van der Waals surface area contributed by atoms with E-state index in [4.69, 9.17) is 5.11 Å². The molecular formula is C11H8F3N3O2S. The summed E-state index contributed by atoms with van der Waals surface area (Å²) in [5, 5.41) is 15.6. The highest BCUT2D eigenvalue weighted by Gasteiger charge is 2.32. The van der Waals surface area contributed by atoms with E-state index in [0.29, 0.717) is 11.9 Å². The molecular weight excluding hydrogens is 295 g/mol. The molecule has 2 N–H and O–H groups in total. The normalized spacial score (nSPS) is 11.6. The van der Waals surface area contributed by atoms with Gasteiger partial charge in [0.1, 0.15) is 5.82 Å². The van der Waals surface area contributed by atoms with Gasteiger partial charge in [-0.2, -0.15) is 13.2 Å². The van der Waals surface area contributed by atoms with Crippen LogP contribution < -0.4 is 0 Å². The van der Waals surface area contributed by atoms with Crippen molar-refractivity contribution >= 4 is 17.7 Å². The predicted octanol–water partition coefficient (Wildman–Crippen LogP) is 2.98. The van der Waals surface area contributed by atoms with Gasteiger partial charge in [-0.1, -0.05) is 0 Å². The lowest BCUT2D eigenvalue weighted by Gasteiger charge is -2.09. The van der Waals surface area contributed by atoms with E-state index < -0.39 is 23.3 Å². The highest BCUT2D eigenvalue weighted by molar-refractivity contribution is 7.99. The number of aromatic carboxylic acids is 1.